The van der Waals surface area contributed by atoms with Crippen molar-refractivity contribution in [1.29, 1.82) is 0 Å². The van der Waals surface area contributed by atoms with Gasteiger partial charge in [-0.2, -0.15) is 4.98 Å². The number of aryl methyl sites for hydroxylation is 1. The number of alkyl halides is 2. The zero-order valence-electron chi connectivity index (χ0n) is 18.9. The second-order valence-electron chi connectivity index (χ2n) is 9.75. The van der Waals surface area contributed by atoms with E-state index in [1.165, 1.54) is 12.8 Å². The molecule has 3 fully saturated rings. The molecule has 2 saturated heterocycles. The topological polar surface area (TPSA) is 87.4 Å². The number of nitrogens with zero attached hydrogens (tertiary/aromatic N) is 4. The van der Waals surface area contributed by atoms with E-state index < -0.39 is 5.92 Å². The summed E-state index contributed by atoms with van der Waals surface area (Å²) in [6, 6.07) is 7.08. The van der Waals surface area contributed by atoms with Crippen LogP contribution in [0.3, 0.4) is 0 Å². The van der Waals surface area contributed by atoms with Crippen molar-refractivity contribution >= 4 is 29.0 Å². The zero-order valence-corrected chi connectivity index (χ0v) is 18.9. The molecule has 1 aliphatic carbocycles. The molecule has 0 atom stereocenters. The van der Waals surface area contributed by atoms with Crippen LogP contribution in [0.4, 0.5) is 31.9 Å². The lowest BCUT2D eigenvalue weighted by molar-refractivity contribution is -0.0221. The molecule has 3 aliphatic rings. The van der Waals surface area contributed by atoms with Crippen LogP contribution in [0.25, 0.3) is 0 Å². The van der Waals surface area contributed by atoms with Crippen LogP contribution in [-0.4, -0.2) is 48.0 Å². The number of amides is 1. The fraction of sp³-hybridized carbons (Fsp3) is 0.542. The fourth-order valence-corrected chi connectivity index (χ4v) is 4.90. The molecular formula is C24H30F2N6O. The summed E-state index contributed by atoms with van der Waals surface area (Å²) >= 11 is 0. The number of nitrogen functional groups attached to an aromatic ring is 1. The second kappa shape index (κ2) is 8.11. The van der Waals surface area contributed by atoms with E-state index in [4.69, 9.17) is 5.73 Å². The van der Waals surface area contributed by atoms with E-state index in [-0.39, 0.29) is 37.8 Å². The summed E-state index contributed by atoms with van der Waals surface area (Å²) in [6.45, 7) is 4.06. The molecule has 1 saturated carbocycles. The third-order valence-corrected chi connectivity index (χ3v) is 7.27. The smallest absolute Gasteiger partial charge is 0.260 e. The van der Waals surface area contributed by atoms with Gasteiger partial charge in [0.25, 0.3) is 11.8 Å². The predicted octanol–water partition coefficient (Wildman–Crippen LogP) is 4.24. The van der Waals surface area contributed by atoms with Crippen LogP contribution in [-0.2, 0) is 0 Å². The van der Waals surface area contributed by atoms with Gasteiger partial charge in [-0.1, -0.05) is 0 Å². The average molecular weight is 457 g/mol. The molecule has 1 amide bonds. The second-order valence-corrected chi connectivity index (χ2v) is 9.75. The fourth-order valence-electron chi connectivity index (χ4n) is 4.90. The highest BCUT2D eigenvalue weighted by Gasteiger charge is 2.44. The maximum atomic E-state index is 13.5. The first-order valence-corrected chi connectivity index (χ1v) is 11.7. The molecule has 0 radical (unpaired) electrons. The molecule has 2 aromatic rings. The van der Waals surface area contributed by atoms with Crippen molar-refractivity contribution < 1.29 is 13.6 Å². The average Bonchev–Trinajstić information content (AvgIpc) is 3.52. The van der Waals surface area contributed by atoms with E-state index in [2.05, 4.69) is 20.2 Å². The van der Waals surface area contributed by atoms with Gasteiger partial charge in [-0.25, -0.2) is 13.8 Å². The SMILES string of the molecule is Cc1cc(N2CCC(F)(F)CC2)nc(NC(=O)c2ccc(N)cc2N2CCC3(CC2)CC3)n1. The van der Waals surface area contributed by atoms with Gasteiger partial charge in [0, 0.05) is 56.5 Å². The number of halogens is 2. The Kier molecular flexibility index (Phi) is 5.37. The van der Waals surface area contributed by atoms with Gasteiger partial charge in [-0.15, -0.1) is 0 Å². The number of rotatable bonds is 4. The van der Waals surface area contributed by atoms with Crippen molar-refractivity contribution in [3.63, 3.8) is 0 Å². The molecule has 1 aromatic carbocycles. The molecule has 1 aromatic heterocycles. The van der Waals surface area contributed by atoms with Crippen molar-refractivity contribution in [3.8, 4) is 0 Å². The number of benzene rings is 1. The van der Waals surface area contributed by atoms with Crippen molar-refractivity contribution in [3.05, 3.63) is 35.5 Å². The lowest BCUT2D eigenvalue weighted by atomic mass is 9.93. The normalized spacial score (nSPS) is 21.2. The van der Waals surface area contributed by atoms with Crippen LogP contribution in [0.15, 0.2) is 24.3 Å². The highest BCUT2D eigenvalue weighted by atomic mass is 19.3. The van der Waals surface area contributed by atoms with Gasteiger partial charge in [0.15, 0.2) is 0 Å². The molecule has 1 spiro atoms. The van der Waals surface area contributed by atoms with Crippen molar-refractivity contribution in [2.45, 2.75) is 51.4 Å². The van der Waals surface area contributed by atoms with Gasteiger partial charge in [0.1, 0.15) is 5.82 Å². The Morgan fingerprint density at radius 3 is 2.30 bits per heavy atom. The third kappa shape index (κ3) is 4.72. The Morgan fingerprint density at radius 2 is 1.64 bits per heavy atom. The van der Waals surface area contributed by atoms with Gasteiger partial charge in [-0.05, 0) is 56.2 Å². The van der Waals surface area contributed by atoms with Gasteiger partial charge in [0.05, 0.1) is 11.3 Å². The minimum atomic E-state index is -2.63. The van der Waals surface area contributed by atoms with Gasteiger partial charge in [0.2, 0.25) is 5.95 Å². The monoisotopic (exact) mass is 456 g/mol. The zero-order chi connectivity index (χ0) is 23.2. The Bertz CT molecular complexity index is 1050. The first kappa shape index (κ1) is 21.9. The summed E-state index contributed by atoms with van der Waals surface area (Å²) in [5, 5.41) is 2.82. The largest absolute Gasteiger partial charge is 0.399 e. The van der Waals surface area contributed by atoms with Gasteiger partial charge >= 0.3 is 0 Å². The Morgan fingerprint density at radius 1 is 0.970 bits per heavy atom. The summed E-state index contributed by atoms with van der Waals surface area (Å²) < 4.78 is 27.1. The lowest BCUT2D eigenvalue weighted by Crippen LogP contribution is -2.40. The maximum absolute atomic E-state index is 13.5. The number of piperidine rings is 2. The minimum absolute atomic E-state index is 0.172. The van der Waals surface area contributed by atoms with Crippen LogP contribution in [0.2, 0.25) is 0 Å². The molecule has 33 heavy (non-hydrogen) atoms. The van der Waals surface area contributed by atoms with E-state index in [9.17, 15) is 13.6 Å². The molecule has 9 heteroatoms. The number of hydrogen-bond donors (Lipinski definition) is 2. The number of carbonyl (C=O) groups is 1. The van der Waals surface area contributed by atoms with E-state index in [1.807, 2.05) is 11.0 Å². The molecular weight excluding hydrogens is 426 g/mol. The van der Waals surface area contributed by atoms with Gasteiger partial charge in [-0.3, -0.25) is 10.1 Å². The van der Waals surface area contributed by atoms with Crippen LogP contribution >= 0.6 is 0 Å². The first-order valence-electron chi connectivity index (χ1n) is 11.7. The molecule has 5 rings (SSSR count). The summed E-state index contributed by atoms with van der Waals surface area (Å²) in [5.41, 5.74) is 9.22. The number of carbonyl (C=O) groups excluding carboxylic acids is 1. The number of nitrogens with two attached hydrogens (primary N) is 1. The number of hydrogen-bond acceptors (Lipinski definition) is 6. The quantitative estimate of drug-likeness (QED) is 0.670. The molecule has 3 N–H and O–H groups in total. The number of nitrogens with one attached hydrogen (secondary N) is 1. The summed E-state index contributed by atoms with van der Waals surface area (Å²) in [5.74, 6) is -2.21. The van der Waals surface area contributed by atoms with E-state index >= 15 is 0 Å². The van der Waals surface area contributed by atoms with Crippen molar-refractivity contribution in [1.82, 2.24) is 9.97 Å². The standard InChI is InChI=1S/C24H30F2N6O/c1-16-14-20(32-12-8-24(25,26)9-13-32)29-22(28-16)30-21(33)18-3-2-17(27)15-19(18)31-10-6-23(4-5-23)7-11-31/h2-3,14-15H,4-13,27H2,1H3,(H,28,29,30,33). The van der Waals surface area contributed by atoms with Crippen LogP contribution in [0.1, 0.15) is 54.6 Å². The van der Waals surface area contributed by atoms with Crippen molar-refractivity contribution in [2.75, 3.05) is 47.0 Å². The van der Waals surface area contributed by atoms with E-state index in [0.29, 0.717) is 28.2 Å². The van der Waals surface area contributed by atoms with E-state index in [1.54, 1.807) is 25.1 Å². The predicted molar refractivity (Wildman–Crippen MR) is 125 cm³/mol. The highest BCUT2D eigenvalue weighted by Crippen LogP contribution is 2.54. The van der Waals surface area contributed by atoms with Crippen molar-refractivity contribution in [2.24, 2.45) is 5.41 Å². The van der Waals surface area contributed by atoms with Crippen LogP contribution in [0.5, 0.6) is 0 Å². The molecule has 0 bridgehead atoms. The molecule has 2 aliphatic heterocycles. The Labute approximate surface area is 192 Å². The maximum Gasteiger partial charge on any atom is 0.260 e. The van der Waals surface area contributed by atoms with Crippen LogP contribution in [0, 0.1) is 12.3 Å². The number of aromatic nitrogens is 2. The molecule has 176 valence electrons. The summed E-state index contributed by atoms with van der Waals surface area (Å²) in [4.78, 5) is 26.1. The molecule has 0 unspecified atom stereocenters. The Hall–Kier alpha value is -2.97. The molecule has 3 heterocycles. The third-order valence-electron chi connectivity index (χ3n) is 7.27. The molecule has 7 nitrogen and oxygen atoms in total. The Balaban J connectivity index is 1.34. The summed E-state index contributed by atoms with van der Waals surface area (Å²) in [7, 11) is 0. The first-order chi connectivity index (χ1) is 15.7. The van der Waals surface area contributed by atoms with Crippen LogP contribution < -0.4 is 20.9 Å². The number of anilines is 4. The van der Waals surface area contributed by atoms with Gasteiger partial charge < -0.3 is 15.5 Å². The van der Waals surface area contributed by atoms with E-state index in [0.717, 1.165) is 31.6 Å². The minimum Gasteiger partial charge on any atom is -0.399 e. The lowest BCUT2D eigenvalue weighted by Gasteiger charge is -2.35. The summed E-state index contributed by atoms with van der Waals surface area (Å²) in [6.07, 6.45) is 4.50. The highest BCUT2D eigenvalue weighted by molar-refractivity contribution is 6.07.